The lowest BCUT2D eigenvalue weighted by molar-refractivity contribution is -0.145. The summed E-state index contributed by atoms with van der Waals surface area (Å²) in [5, 5.41) is 10.5. The van der Waals surface area contributed by atoms with Crippen molar-refractivity contribution in [2.24, 2.45) is 0 Å². The van der Waals surface area contributed by atoms with Crippen molar-refractivity contribution in [3.05, 3.63) is 83.5 Å². The second kappa shape index (κ2) is 10.9. The van der Waals surface area contributed by atoms with Crippen molar-refractivity contribution < 1.29 is 27.5 Å². The maximum absolute atomic E-state index is 13.2. The summed E-state index contributed by atoms with van der Waals surface area (Å²) in [7, 11) is 1.59. The van der Waals surface area contributed by atoms with Gasteiger partial charge in [0.2, 0.25) is 5.82 Å². The highest BCUT2D eigenvalue weighted by molar-refractivity contribution is 6.02. The molecule has 2 aliphatic heterocycles. The van der Waals surface area contributed by atoms with Crippen LogP contribution in [0.1, 0.15) is 33.4 Å². The maximum atomic E-state index is 13.2. The van der Waals surface area contributed by atoms with E-state index in [9.17, 15) is 22.8 Å². The molecule has 2 aliphatic rings. The Balaban J connectivity index is 1.10. The van der Waals surface area contributed by atoms with Gasteiger partial charge in [-0.1, -0.05) is 36.4 Å². The van der Waals surface area contributed by atoms with Crippen LogP contribution in [-0.2, 0) is 37.1 Å². The Bertz CT molecular complexity index is 1620. The molecule has 0 spiro atoms. The molecule has 6 rings (SSSR count). The number of halogens is 3. The number of hydrogen-bond acceptors (Lipinski definition) is 8. The number of ether oxygens (including phenoxy) is 1. The molecule has 4 heterocycles. The highest BCUT2D eigenvalue weighted by atomic mass is 19.4. The molecule has 0 fully saturated rings. The number of likely N-dealkylation sites (N-methyl/N-ethyl adjacent to an activating group) is 1. The zero-order chi connectivity index (χ0) is 29.4. The fourth-order valence-electron chi connectivity index (χ4n) is 4.92. The quantitative estimate of drug-likeness (QED) is 0.368. The molecule has 2 amide bonds. The van der Waals surface area contributed by atoms with Crippen LogP contribution >= 0.6 is 0 Å². The van der Waals surface area contributed by atoms with Crippen LogP contribution in [0.5, 0.6) is 5.75 Å². The van der Waals surface area contributed by atoms with Crippen molar-refractivity contribution in [3.8, 4) is 5.75 Å². The summed E-state index contributed by atoms with van der Waals surface area (Å²) in [6.45, 7) is 1.76. The summed E-state index contributed by atoms with van der Waals surface area (Å²) in [5.41, 5.74) is 2.37. The summed E-state index contributed by atoms with van der Waals surface area (Å²) < 4.78 is 47.8. The van der Waals surface area contributed by atoms with E-state index < -0.39 is 23.9 Å². The molecular formula is C27H26F3N9O3. The van der Waals surface area contributed by atoms with Crippen LogP contribution in [0.3, 0.4) is 0 Å². The molecule has 0 unspecified atom stereocenters. The number of carbonyl (C=O) groups is 2. The van der Waals surface area contributed by atoms with Crippen LogP contribution in [0.4, 0.5) is 18.9 Å². The molecular weight excluding hydrogens is 555 g/mol. The highest BCUT2D eigenvalue weighted by Gasteiger charge is 2.38. The average molecular weight is 582 g/mol. The number of hydrogen-bond donors (Lipinski definition) is 1. The number of rotatable bonds is 6. The zero-order valence-corrected chi connectivity index (χ0v) is 22.5. The summed E-state index contributed by atoms with van der Waals surface area (Å²) in [5.74, 6) is -1.47. The predicted octanol–water partition coefficient (Wildman–Crippen LogP) is 2.11. The number of amides is 2. The van der Waals surface area contributed by atoms with Gasteiger partial charge in [-0.2, -0.15) is 13.2 Å². The molecule has 12 nitrogen and oxygen atoms in total. The lowest BCUT2D eigenvalue weighted by atomic mass is 10.1. The Morgan fingerprint density at radius 1 is 1.07 bits per heavy atom. The van der Waals surface area contributed by atoms with Gasteiger partial charge in [-0.05, 0) is 23.3 Å². The lowest BCUT2D eigenvalue weighted by Gasteiger charge is -2.27. The Morgan fingerprint density at radius 3 is 2.67 bits per heavy atom. The van der Waals surface area contributed by atoms with Gasteiger partial charge in [0, 0.05) is 20.1 Å². The molecule has 2 aromatic carbocycles. The van der Waals surface area contributed by atoms with Crippen molar-refractivity contribution in [3.63, 3.8) is 0 Å². The normalized spacial score (nSPS) is 17.3. The first-order chi connectivity index (χ1) is 20.1. The molecule has 0 aliphatic carbocycles. The van der Waals surface area contributed by atoms with Gasteiger partial charge in [0.15, 0.2) is 0 Å². The van der Waals surface area contributed by atoms with Gasteiger partial charge in [0.1, 0.15) is 30.5 Å². The standard InChI is InChI=1S/C27H26F3N9O3/c1-36-20-8-7-18(12-37-9-10-39-22(14-37)33-26(35-39)27(28,29)30)11-21(20)42-15-19(25(36)41)32-24(40)23-31-16-38(34-23)13-17-5-3-2-4-6-17/h2-8,11,16,19H,9-10,12-15H2,1H3,(H,32,40)/t19-/m1/s1. The van der Waals surface area contributed by atoms with E-state index in [-0.39, 0.29) is 37.3 Å². The minimum atomic E-state index is -4.59. The average Bonchev–Trinajstić information content (AvgIpc) is 3.60. The smallest absolute Gasteiger partial charge is 0.453 e. The van der Waals surface area contributed by atoms with Gasteiger partial charge >= 0.3 is 6.18 Å². The SMILES string of the molecule is CN1C(=O)[C@H](NC(=O)c2ncn(Cc3ccccc3)n2)COc2cc(CN3CCn4nc(C(F)(F)F)nc4C3)ccc21. The number of anilines is 1. The van der Waals surface area contributed by atoms with Crippen LogP contribution in [-0.4, -0.2) is 72.5 Å². The van der Waals surface area contributed by atoms with E-state index in [1.165, 1.54) is 15.9 Å². The van der Waals surface area contributed by atoms with Crippen LogP contribution in [0.15, 0.2) is 54.9 Å². The van der Waals surface area contributed by atoms with E-state index in [2.05, 4.69) is 25.5 Å². The number of nitrogens with one attached hydrogen (secondary N) is 1. The van der Waals surface area contributed by atoms with Crippen molar-refractivity contribution in [1.29, 1.82) is 0 Å². The number of carbonyl (C=O) groups excluding carboxylic acids is 2. The van der Waals surface area contributed by atoms with Crippen LogP contribution in [0, 0.1) is 0 Å². The minimum Gasteiger partial charge on any atom is -0.489 e. The van der Waals surface area contributed by atoms with Gasteiger partial charge in [-0.15, -0.1) is 10.2 Å². The van der Waals surface area contributed by atoms with Crippen molar-refractivity contribution in [2.75, 3.05) is 25.1 Å². The Morgan fingerprint density at radius 2 is 1.88 bits per heavy atom. The lowest BCUT2D eigenvalue weighted by Crippen LogP contribution is -2.49. The van der Waals surface area contributed by atoms with E-state index in [0.29, 0.717) is 31.1 Å². The van der Waals surface area contributed by atoms with Crippen LogP contribution in [0.25, 0.3) is 0 Å². The summed E-state index contributed by atoms with van der Waals surface area (Å²) >= 11 is 0. The van der Waals surface area contributed by atoms with Gasteiger partial charge in [-0.25, -0.2) is 19.3 Å². The van der Waals surface area contributed by atoms with Gasteiger partial charge in [0.05, 0.1) is 25.3 Å². The topological polar surface area (TPSA) is 123 Å². The largest absolute Gasteiger partial charge is 0.489 e. The third kappa shape index (κ3) is 5.68. The van der Waals surface area contributed by atoms with E-state index in [0.717, 1.165) is 11.1 Å². The van der Waals surface area contributed by atoms with Crippen molar-refractivity contribution in [1.82, 2.24) is 39.7 Å². The molecule has 15 heteroatoms. The van der Waals surface area contributed by atoms with E-state index in [1.807, 2.05) is 41.3 Å². The van der Waals surface area contributed by atoms with Crippen LogP contribution < -0.4 is 15.0 Å². The van der Waals surface area contributed by atoms with Gasteiger partial charge in [-0.3, -0.25) is 14.5 Å². The van der Waals surface area contributed by atoms with E-state index in [1.54, 1.807) is 23.9 Å². The van der Waals surface area contributed by atoms with E-state index >= 15 is 0 Å². The number of fused-ring (bicyclic) bond motifs is 2. The molecule has 4 aromatic rings. The number of alkyl halides is 3. The Hall–Kier alpha value is -4.79. The second-order valence-corrected chi connectivity index (χ2v) is 10.1. The first-order valence-corrected chi connectivity index (χ1v) is 13.1. The predicted molar refractivity (Wildman–Crippen MR) is 141 cm³/mol. The summed E-state index contributed by atoms with van der Waals surface area (Å²) in [6.07, 6.45) is -3.14. The first-order valence-electron chi connectivity index (χ1n) is 13.1. The fraction of sp³-hybridized carbons (Fsp3) is 0.333. The fourth-order valence-corrected chi connectivity index (χ4v) is 4.92. The molecule has 2 aromatic heterocycles. The van der Waals surface area contributed by atoms with Gasteiger partial charge in [0.25, 0.3) is 17.6 Å². The molecule has 0 bridgehead atoms. The molecule has 218 valence electrons. The van der Waals surface area contributed by atoms with Crippen molar-refractivity contribution in [2.45, 2.75) is 38.4 Å². The Labute approximate surface area is 237 Å². The zero-order valence-electron chi connectivity index (χ0n) is 22.5. The molecule has 0 saturated carbocycles. The summed E-state index contributed by atoms with van der Waals surface area (Å²) in [4.78, 5) is 37.2. The molecule has 0 radical (unpaired) electrons. The third-order valence-electron chi connectivity index (χ3n) is 7.05. The highest BCUT2D eigenvalue weighted by Crippen LogP contribution is 2.33. The van der Waals surface area contributed by atoms with Gasteiger partial charge < -0.3 is 15.0 Å². The first kappa shape index (κ1) is 27.4. The second-order valence-electron chi connectivity index (χ2n) is 10.1. The Kier molecular flexibility index (Phi) is 7.10. The monoisotopic (exact) mass is 581 g/mol. The number of aromatic nitrogens is 6. The molecule has 1 atom stereocenters. The molecule has 0 saturated heterocycles. The molecule has 1 N–H and O–H groups in total. The maximum Gasteiger partial charge on any atom is 0.453 e. The van der Waals surface area contributed by atoms with Crippen molar-refractivity contribution >= 4 is 17.5 Å². The molecule has 42 heavy (non-hydrogen) atoms. The summed E-state index contributed by atoms with van der Waals surface area (Å²) in [6, 6.07) is 14.0. The van der Waals surface area contributed by atoms with E-state index in [4.69, 9.17) is 4.74 Å². The van der Waals surface area contributed by atoms with Crippen LogP contribution in [0.2, 0.25) is 0 Å². The number of benzene rings is 2. The minimum absolute atomic E-state index is 0.0647. The third-order valence-corrected chi connectivity index (χ3v) is 7.05. The number of nitrogens with zero attached hydrogens (tertiary/aromatic N) is 8.